The van der Waals surface area contributed by atoms with Gasteiger partial charge in [-0.05, 0) is 36.4 Å². The average molecular weight is 329 g/mol. The van der Waals surface area contributed by atoms with Crippen LogP contribution in [0.5, 0.6) is 5.75 Å². The number of aromatic nitrogens is 1. The summed E-state index contributed by atoms with van der Waals surface area (Å²) in [6, 6.07) is 6.99. The first-order chi connectivity index (χ1) is 10.8. The molecular weight excluding hydrogens is 318 g/mol. The van der Waals surface area contributed by atoms with Gasteiger partial charge in [-0.2, -0.15) is 13.2 Å². The highest BCUT2D eigenvalue weighted by Gasteiger charge is 2.32. The summed E-state index contributed by atoms with van der Waals surface area (Å²) in [5.41, 5.74) is 1.17. The minimum atomic E-state index is -4.59. The molecule has 0 atom stereocenters. The van der Waals surface area contributed by atoms with E-state index in [4.69, 9.17) is 4.84 Å². The van der Waals surface area contributed by atoms with Crippen molar-refractivity contribution in [3.05, 3.63) is 54.1 Å². The lowest BCUT2D eigenvalue weighted by atomic mass is 10.3. The van der Waals surface area contributed by atoms with Gasteiger partial charge in [0.1, 0.15) is 23.8 Å². The maximum atomic E-state index is 12.7. The lowest BCUT2D eigenvalue weighted by molar-refractivity contribution is -0.141. The summed E-state index contributed by atoms with van der Waals surface area (Å²) in [6.07, 6.45) is -3.65. The Bertz CT molecular complexity index is 674. The van der Waals surface area contributed by atoms with E-state index < -0.39 is 23.6 Å². The number of nitrogens with one attached hydrogen (secondary N) is 2. The van der Waals surface area contributed by atoms with Crippen molar-refractivity contribution >= 4 is 11.6 Å². The van der Waals surface area contributed by atoms with E-state index in [-0.39, 0.29) is 18.0 Å². The molecule has 9 heteroatoms. The Morgan fingerprint density at radius 2 is 1.87 bits per heavy atom. The molecule has 5 nitrogen and oxygen atoms in total. The number of anilines is 1. The standard InChI is InChI=1S/C14H11F4N3O2/c15-9-1-3-11(4-2-9)23-20-8-13(22)21-10-5-6-19-12(7-10)14(16,17)18/h1-7,20H,8H2,(H,19,21,22). The SMILES string of the molecule is O=C(CNOc1ccc(F)cc1)Nc1ccnc(C(F)(F)F)c1. The molecule has 2 N–H and O–H groups in total. The molecule has 0 spiro atoms. The number of carbonyl (C=O) groups excluding carboxylic acids is 1. The van der Waals surface area contributed by atoms with E-state index in [0.717, 1.165) is 12.3 Å². The summed E-state index contributed by atoms with van der Waals surface area (Å²) < 4.78 is 50.1. The molecule has 2 aromatic rings. The summed E-state index contributed by atoms with van der Waals surface area (Å²) >= 11 is 0. The van der Waals surface area contributed by atoms with Crippen molar-refractivity contribution in [2.24, 2.45) is 0 Å². The topological polar surface area (TPSA) is 63.2 Å². The smallest absolute Gasteiger partial charge is 0.408 e. The highest BCUT2D eigenvalue weighted by Crippen LogP contribution is 2.28. The molecule has 0 bridgehead atoms. The monoisotopic (exact) mass is 329 g/mol. The molecule has 0 saturated carbocycles. The normalized spacial score (nSPS) is 11.1. The second kappa shape index (κ2) is 7.05. The molecule has 1 amide bonds. The highest BCUT2D eigenvalue weighted by molar-refractivity contribution is 5.92. The summed E-state index contributed by atoms with van der Waals surface area (Å²) in [4.78, 5) is 19.8. The van der Waals surface area contributed by atoms with Crippen LogP contribution >= 0.6 is 0 Å². The number of hydroxylamine groups is 1. The third kappa shape index (κ3) is 5.22. The predicted molar refractivity (Wildman–Crippen MR) is 72.9 cm³/mol. The van der Waals surface area contributed by atoms with Gasteiger partial charge in [0.05, 0.1) is 0 Å². The van der Waals surface area contributed by atoms with Crippen molar-refractivity contribution in [3.63, 3.8) is 0 Å². The quantitative estimate of drug-likeness (QED) is 0.654. The van der Waals surface area contributed by atoms with Gasteiger partial charge in [0.15, 0.2) is 0 Å². The number of hydrogen-bond donors (Lipinski definition) is 2. The summed E-state index contributed by atoms with van der Waals surface area (Å²) in [7, 11) is 0. The molecule has 1 heterocycles. The van der Waals surface area contributed by atoms with Gasteiger partial charge in [-0.1, -0.05) is 0 Å². The van der Waals surface area contributed by atoms with E-state index in [1.807, 2.05) is 0 Å². The van der Waals surface area contributed by atoms with Crippen molar-refractivity contribution in [2.45, 2.75) is 6.18 Å². The maximum Gasteiger partial charge on any atom is 0.433 e. The van der Waals surface area contributed by atoms with E-state index in [1.165, 1.54) is 30.3 Å². The van der Waals surface area contributed by atoms with Gasteiger partial charge in [0.25, 0.3) is 0 Å². The summed E-state index contributed by atoms with van der Waals surface area (Å²) in [5, 5.41) is 2.27. The van der Waals surface area contributed by atoms with Crippen LogP contribution in [-0.4, -0.2) is 17.4 Å². The number of amides is 1. The van der Waals surface area contributed by atoms with E-state index in [2.05, 4.69) is 15.8 Å². The first-order valence-electron chi connectivity index (χ1n) is 6.33. The number of benzene rings is 1. The second-order valence-electron chi connectivity index (χ2n) is 4.35. The molecule has 1 aromatic carbocycles. The number of pyridine rings is 1. The fourth-order valence-corrected chi connectivity index (χ4v) is 1.56. The Morgan fingerprint density at radius 1 is 1.17 bits per heavy atom. The number of rotatable bonds is 5. The zero-order chi connectivity index (χ0) is 16.9. The van der Waals surface area contributed by atoms with Gasteiger partial charge >= 0.3 is 6.18 Å². The minimum Gasteiger partial charge on any atom is -0.408 e. The number of carbonyl (C=O) groups is 1. The Morgan fingerprint density at radius 3 is 2.52 bits per heavy atom. The molecule has 0 aliphatic heterocycles. The van der Waals surface area contributed by atoms with Gasteiger partial charge in [0, 0.05) is 11.9 Å². The maximum absolute atomic E-state index is 12.7. The Labute approximate surface area is 128 Å². The van der Waals surface area contributed by atoms with Gasteiger partial charge in [-0.25, -0.2) is 4.39 Å². The van der Waals surface area contributed by atoms with Crippen LogP contribution in [0.1, 0.15) is 5.69 Å². The van der Waals surface area contributed by atoms with Crippen LogP contribution in [0.25, 0.3) is 0 Å². The molecule has 122 valence electrons. The first-order valence-corrected chi connectivity index (χ1v) is 6.33. The number of halogens is 4. The molecule has 0 fully saturated rings. The van der Waals surface area contributed by atoms with Crippen LogP contribution in [0.3, 0.4) is 0 Å². The third-order valence-corrected chi connectivity index (χ3v) is 2.57. The zero-order valence-electron chi connectivity index (χ0n) is 11.5. The third-order valence-electron chi connectivity index (χ3n) is 2.57. The molecule has 0 radical (unpaired) electrons. The van der Waals surface area contributed by atoms with Gasteiger partial charge in [-0.3, -0.25) is 9.78 Å². The lowest BCUT2D eigenvalue weighted by Crippen LogP contribution is -2.30. The van der Waals surface area contributed by atoms with Gasteiger partial charge < -0.3 is 10.2 Å². The first kappa shape index (κ1) is 16.7. The zero-order valence-corrected chi connectivity index (χ0v) is 11.5. The van der Waals surface area contributed by atoms with Crippen LogP contribution in [0.2, 0.25) is 0 Å². The number of hydrogen-bond acceptors (Lipinski definition) is 4. The molecule has 0 saturated heterocycles. The van der Waals surface area contributed by atoms with Crippen LogP contribution in [0.4, 0.5) is 23.2 Å². The molecule has 23 heavy (non-hydrogen) atoms. The Hall–Kier alpha value is -2.68. The Balaban J connectivity index is 1.84. The lowest BCUT2D eigenvalue weighted by Gasteiger charge is -2.10. The van der Waals surface area contributed by atoms with Crippen molar-refractivity contribution in [1.29, 1.82) is 0 Å². The van der Waals surface area contributed by atoms with Crippen molar-refractivity contribution < 1.29 is 27.2 Å². The summed E-state index contributed by atoms with van der Waals surface area (Å²) in [5.74, 6) is -0.776. The minimum absolute atomic E-state index is 0.0408. The largest absolute Gasteiger partial charge is 0.433 e. The van der Waals surface area contributed by atoms with Crippen LogP contribution in [0.15, 0.2) is 42.6 Å². The summed E-state index contributed by atoms with van der Waals surface area (Å²) in [6.45, 7) is -0.318. The van der Waals surface area contributed by atoms with Gasteiger partial charge in [-0.15, -0.1) is 5.48 Å². The predicted octanol–water partition coefficient (Wildman–Crippen LogP) is 2.76. The fraction of sp³-hybridized carbons (Fsp3) is 0.143. The Kier molecular flexibility index (Phi) is 5.12. The molecule has 0 aliphatic rings. The molecule has 0 aliphatic carbocycles. The average Bonchev–Trinajstić information content (AvgIpc) is 2.49. The molecular formula is C14H11F4N3O2. The van der Waals surface area contributed by atoms with Crippen molar-refractivity contribution in [2.75, 3.05) is 11.9 Å². The number of alkyl halides is 3. The van der Waals surface area contributed by atoms with Gasteiger partial charge in [0.2, 0.25) is 5.91 Å². The fourth-order valence-electron chi connectivity index (χ4n) is 1.56. The van der Waals surface area contributed by atoms with E-state index >= 15 is 0 Å². The van der Waals surface area contributed by atoms with Crippen LogP contribution in [0, 0.1) is 5.82 Å². The van der Waals surface area contributed by atoms with Crippen molar-refractivity contribution in [3.8, 4) is 5.75 Å². The van der Waals surface area contributed by atoms with Crippen LogP contribution in [-0.2, 0) is 11.0 Å². The number of nitrogens with zero attached hydrogens (tertiary/aromatic N) is 1. The molecule has 2 rings (SSSR count). The van der Waals surface area contributed by atoms with Crippen molar-refractivity contribution in [1.82, 2.24) is 10.5 Å². The molecule has 1 aromatic heterocycles. The van der Waals surface area contributed by atoms with Crippen LogP contribution < -0.4 is 15.6 Å². The van der Waals surface area contributed by atoms with E-state index in [0.29, 0.717) is 0 Å². The highest BCUT2D eigenvalue weighted by atomic mass is 19.4. The van der Waals surface area contributed by atoms with E-state index in [1.54, 1.807) is 0 Å². The second-order valence-corrected chi connectivity index (χ2v) is 4.35. The van der Waals surface area contributed by atoms with E-state index in [9.17, 15) is 22.4 Å². The molecule has 0 unspecified atom stereocenters.